The molecule has 0 aliphatic rings. The fourth-order valence-electron chi connectivity index (χ4n) is 1.86. The molecule has 0 spiro atoms. The van der Waals surface area contributed by atoms with Crippen molar-refractivity contribution in [3.8, 4) is 10.7 Å². The molecule has 0 N–H and O–H groups in total. The summed E-state index contributed by atoms with van der Waals surface area (Å²) in [4.78, 5) is 20.1. The van der Waals surface area contributed by atoms with Crippen molar-refractivity contribution < 1.29 is 8.42 Å². The van der Waals surface area contributed by atoms with Gasteiger partial charge in [-0.05, 0) is 24.3 Å². The van der Waals surface area contributed by atoms with E-state index in [-0.39, 0.29) is 10.6 Å². The summed E-state index contributed by atoms with van der Waals surface area (Å²) in [6, 6.07) is 11.8. The van der Waals surface area contributed by atoms with Gasteiger partial charge in [0.25, 0.3) is 5.56 Å². The quantitative estimate of drug-likeness (QED) is 0.723. The molecule has 1 aromatic carbocycles. The summed E-state index contributed by atoms with van der Waals surface area (Å²) in [5.74, 6) is 0. The first-order valence-corrected chi connectivity index (χ1v) is 8.73. The highest BCUT2D eigenvalue weighted by Gasteiger charge is 2.12. The minimum Gasteiger partial charge on any atom is -0.267 e. The maximum atomic E-state index is 12.0. The summed E-state index contributed by atoms with van der Waals surface area (Å²) < 4.78 is 23.9. The molecule has 21 heavy (non-hydrogen) atoms. The van der Waals surface area contributed by atoms with E-state index in [0.29, 0.717) is 16.1 Å². The number of fused-ring (bicyclic) bond motifs is 1. The zero-order valence-corrected chi connectivity index (χ0v) is 12.6. The first-order valence-electron chi connectivity index (χ1n) is 6.02. The van der Waals surface area contributed by atoms with E-state index in [0.717, 1.165) is 11.0 Å². The van der Waals surface area contributed by atoms with E-state index in [4.69, 9.17) is 0 Å². The molecular weight excluding hydrogens is 308 g/mol. The second-order valence-corrected chi connectivity index (χ2v) is 7.45. The largest absolute Gasteiger partial charge is 0.279 e. The second-order valence-electron chi connectivity index (χ2n) is 4.45. The van der Waals surface area contributed by atoms with Crippen molar-refractivity contribution in [1.82, 2.24) is 9.97 Å². The topological polar surface area (TPSA) is 77.0 Å². The van der Waals surface area contributed by atoms with Crippen LogP contribution in [0.25, 0.3) is 20.8 Å². The molecule has 0 aliphatic heterocycles. The lowest BCUT2D eigenvalue weighted by Gasteiger charge is -2.03. The van der Waals surface area contributed by atoms with Crippen LogP contribution in [0.5, 0.6) is 0 Å². The molecule has 0 amide bonds. The molecule has 0 fully saturated rings. The van der Waals surface area contributed by atoms with Crippen LogP contribution in [0, 0.1) is 0 Å². The maximum Gasteiger partial charge on any atom is 0.279 e. The zero-order chi connectivity index (χ0) is 15.0. The van der Waals surface area contributed by atoms with Crippen molar-refractivity contribution in [2.24, 2.45) is 0 Å². The Balaban J connectivity index is 2.24. The predicted molar refractivity (Wildman–Crippen MR) is 82.2 cm³/mol. The van der Waals surface area contributed by atoms with E-state index < -0.39 is 9.84 Å². The number of sulfone groups is 1. The molecule has 3 rings (SSSR count). The van der Waals surface area contributed by atoms with E-state index in [2.05, 4.69) is 9.97 Å². The van der Waals surface area contributed by atoms with Gasteiger partial charge in [-0.25, -0.2) is 13.4 Å². The smallest absolute Gasteiger partial charge is 0.267 e. The number of benzene rings is 1. The SMILES string of the molecule is CS(=O)(=O)c1cccc(-c2nc(=O)c3ccccc3s2)n1. The molecule has 3 aromatic rings. The Morgan fingerprint density at radius 3 is 2.52 bits per heavy atom. The molecule has 106 valence electrons. The summed E-state index contributed by atoms with van der Waals surface area (Å²) >= 11 is 1.31. The van der Waals surface area contributed by atoms with E-state index in [1.165, 1.54) is 17.4 Å². The minimum atomic E-state index is -3.40. The number of hydrogen-bond acceptors (Lipinski definition) is 6. The van der Waals surface area contributed by atoms with Gasteiger partial charge in [-0.1, -0.05) is 18.2 Å². The fourth-order valence-corrected chi connectivity index (χ4v) is 3.42. The highest BCUT2D eigenvalue weighted by molar-refractivity contribution is 7.90. The average molecular weight is 318 g/mol. The van der Waals surface area contributed by atoms with E-state index in [1.807, 2.05) is 12.1 Å². The first kappa shape index (κ1) is 13.8. The Bertz CT molecular complexity index is 994. The van der Waals surface area contributed by atoms with Gasteiger partial charge in [0.05, 0.1) is 5.39 Å². The number of hydrogen-bond donors (Lipinski definition) is 0. The molecule has 0 aliphatic carbocycles. The summed E-state index contributed by atoms with van der Waals surface area (Å²) in [5, 5.41) is 0.921. The third-order valence-electron chi connectivity index (χ3n) is 2.85. The van der Waals surface area contributed by atoms with Crippen molar-refractivity contribution in [3.63, 3.8) is 0 Å². The molecule has 0 unspecified atom stereocenters. The Morgan fingerprint density at radius 2 is 1.76 bits per heavy atom. The number of aromatic nitrogens is 2. The molecule has 0 saturated heterocycles. The standard InChI is InChI=1S/C14H10N2O3S2/c1-21(18,19)12-8-4-6-10(15-12)14-16-13(17)9-5-2-3-7-11(9)20-14/h2-8H,1H3. The van der Waals surface area contributed by atoms with Gasteiger partial charge in [-0.2, -0.15) is 4.98 Å². The van der Waals surface area contributed by atoms with Crippen LogP contribution >= 0.6 is 11.3 Å². The first-order chi connectivity index (χ1) is 9.95. The fraction of sp³-hybridized carbons (Fsp3) is 0.0714. The summed E-state index contributed by atoms with van der Waals surface area (Å²) in [7, 11) is -3.40. The van der Waals surface area contributed by atoms with Gasteiger partial charge in [0.15, 0.2) is 14.9 Å². The van der Waals surface area contributed by atoms with Crippen LogP contribution in [0.2, 0.25) is 0 Å². The number of pyridine rings is 1. The second kappa shape index (κ2) is 5.01. The van der Waals surface area contributed by atoms with Crippen LogP contribution in [0.15, 0.2) is 52.3 Å². The van der Waals surface area contributed by atoms with Crippen LogP contribution in [0.4, 0.5) is 0 Å². The van der Waals surface area contributed by atoms with Crippen molar-refractivity contribution >= 4 is 31.3 Å². The monoisotopic (exact) mass is 318 g/mol. The van der Waals surface area contributed by atoms with Gasteiger partial charge >= 0.3 is 0 Å². The van der Waals surface area contributed by atoms with Crippen molar-refractivity contribution in [3.05, 3.63) is 52.8 Å². The predicted octanol–water partition coefficient (Wildman–Crippen LogP) is 2.12. The Kier molecular flexibility index (Phi) is 3.30. The van der Waals surface area contributed by atoms with Gasteiger partial charge < -0.3 is 0 Å². The van der Waals surface area contributed by atoms with Gasteiger partial charge in [0.1, 0.15) is 10.7 Å². The zero-order valence-electron chi connectivity index (χ0n) is 11.0. The normalized spacial score (nSPS) is 11.7. The van der Waals surface area contributed by atoms with Crippen LogP contribution in [-0.4, -0.2) is 24.6 Å². The van der Waals surface area contributed by atoms with Crippen LogP contribution < -0.4 is 5.56 Å². The summed E-state index contributed by atoms with van der Waals surface area (Å²) in [5.41, 5.74) is 0.0386. The third-order valence-corrected chi connectivity index (χ3v) is 4.91. The number of rotatable bonds is 2. The van der Waals surface area contributed by atoms with Gasteiger partial charge in [-0.15, -0.1) is 11.3 Å². The van der Waals surface area contributed by atoms with Crippen LogP contribution in [0.3, 0.4) is 0 Å². The van der Waals surface area contributed by atoms with Crippen molar-refractivity contribution in [2.45, 2.75) is 5.03 Å². The molecule has 7 heteroatoms. The van der Waals surface area contributed by atoms with Gasteiger partial charge in [0.2, 0.25) is 0 Å². The average Bonchev–Trinajstić information content (AvgIpc) is 2.46. The lowest BCUT2D eigenvalue weighted by atomic mass is 10.3. The molecular formula is C14H10N2O3S2. The van der Waals surface area contributed by atoms with E-state index in [1.54, 1.807) is 24.3 Å². The molecule has 2 aromatic heterocycles. The van der Waals surface area contributed by atoms with Gasteiger partial charge in [-0.3, -0.25) is 4.79 Å². The lowest BCUT2D eigenvalue weighted by molar-refractivity contribution is 0.598. The van der Waals surface area contributed by atoms with Crippen molar-refractivity contribution in [2.75, 3.05) is 6.26 Å². The molecule has 0 atom stereocenters. The number of nitrogens with zero attached hydrogens (tertiary/aromatic N) is 2. The summed E-state index contributed by atoms with van der Waals surface area (Å²) in [6.45, 7) is 0. The minimum absolute atomic E-state index is 0.0328. The molecule has 0 radical (unpaired) electrons. The Hall–Kier alpha value is -2.12. The molecule has 2 heterocycles. The summed E-state index contributed by atoms with van der Waals surface area (Å²) in [6.07, 6.45) is 1.09. The van der Waals surface area contributed by atoms with Crippen LogP contribution in [0.1, 0.15) is 0 Å². The molecule has 5 nitrogen and oxygen atoms in total. The van der Waals surface area contributed by atoms with Crippen molar-refractivity contribution in [1.29, 1.82) is 0 Å². The van der Waals surface area contributed by atoms with E-state index in [9.17, 15) is 13.2 Å². The maximum absolute atomic E-state index is 12.0. The van der Waals surface area contributed by atoms with Crippen LogP contribution in [-0.2, 0) is 9.84 Å². The highest BCUT2D eigenvalue weighted by atomic mass is 32.2. The molecule has 0 saturated carbocycles. The lowest BCUT2D eigenvalue weighted by Crippen LogP contribution is -2.07. The Labute approximate surface area is 124 Å². The molecule has 0 bridgehead atoms. The van der Waals surface area contributed by atoms with E-state index >= 15 is 0 Å². The Morgan fingerprint density at radius 1 is 1.00 bits per heavy atom. The third kappa shape index (κ3) is 2.70. The highest BCUT2D eigenvalue weighted by Crippen LogP contribution is 2.25. The van der Waals surface area contributed by atoms with Gasteiger partial charge in [0, 0.05) is 11.0 Å².